The molecule has 3 heterocycles. The summed E-state index contributed by atoms with van der Waals surface area (Å²) in [4.78, 5) is 10.4. The van der Waals surface area contributed by atoms with Gasteiger partial charge in [-0.1, -0.05) is 12.1 Å². The van der Waals surface area contributed by atoms with E-state index in [2.05, 4.69) is 32.3 Å². The van der Waals surface area contributed by atoms with Crippen LogP contribution in [0.3, 0.4) is 0 Å². The number of halogens is 1. The lowest BCUT2D eigenvalue weighted by Crippen LogP contribution is -2.45. The summed E-state index contributed by atoms with van der Waals surface area (Å²) in [5.41, 5.74) is 0.291. The zero-order valence-corrected chi connectivity index (χ0v) is 11.9. The fraction of sp³-hybridized carbons (Fsp3) is 0.500. The molecule has 1 aliphatic rings. The van der Waals surface area contributed by atoms with E-state index >= 15 is 0 Å². The van der Waals surface area contributed by atoms with Crippen LogP contribution in [-0.4, -0.2) is 46.2 Å². The van der Waals surface area contributed by atoms with Crippen LogP contribution in [0.1, 0.15) is 25.2 Å². The van der Waals surface area contributed by atoms with Crippen LogP contribution >= 0.6 is 0 Å². The highest BCUT2D eigenvalue weighted by Gasteiger charge is 2.25. The molecule has 0 bridgehead atoms. The Morgan fingerprint density at radius 2 is 2.24 bits per heavy atom. The monoisotopic (exact) mass is 291 g/mol. The van der Waals surface area contributed by atoms with Gasteiger partial charge in [0.15, 0.2) is 11.6 Å². The number of piperazine rings is 1. The first-order valence-corrected chi connectivity index (χ1v) is 7.18. The second-order valence-corrected chi connectivity index (χ2v) is 5.02. The van der Waals surface area contributed by atoms with Gasteiger partial charge in [0.2, 0.25) is 0 Å². The zero-order chi connectivity index (χ0) is 14.7. The molecule has 1 aliphatic heterocycles. The molecule has 0 amide bonds. The minimum absolute atomic E-state index is 0.106. The molecule has 7 heteroatoms. The van der Waals surface area contributed by atoms with Crippen LogP contribution in [-0.2, 0) is 0 Å². The Labute approximate surface area is 122 Å². The van der Waals surface area contributed by atoms with Gasteiger partial charge in [-0.3, -0.25) is 9.88 Å². The largest absolute Gasteiger partial charge is 0.334 e. The molecule has 0 aliphatic carbocycles. The van der Waals surface area contributed by atoms with E-state index in [-0.39, 0.29) is 11.9 Å². The summed E-state index contributed by atoms with van der Waals surface area (Å²) < 4.78 is 18.9. The van der Waals surface area contributed by atoms with Crippen molar-refractivity contribution in [2.45, 2.75) is 19.4 Å². The Balaban J connectivity index is 1.84. The quantitative estimate of drug-likeness (QED) is 0.923. The maximum atomic E-state index is 13.7. The van der Waals surface area contributed by atoms with Gasteiger partial charge >= 0.3 is 0 Å². The molecule has 1 N–H and O–H groups in total. The van der Waals surface area contributed by atoms with Crippen LogP contribution in [0.2, 0.25) is 0 Å². The van der Waals surface area contributed by atoms with Crippen molar-refractivity contribution >= 4 is 0 Å². The van der Waals surface area contributed by atoms with Gasteiger partial charge in [-0.15, -0.1) is 0 Å². The Kier molecular flexibility index (Phi) is 4.21. The summed E-state index contributed by atoms with van der Waals surface area (Å²) in [6.07, 6.45) is 3.54. The topological polar surface area (TPSA) is 67.1 Å². The van der Waals surface area contributed by atoms with Gasteiger partial charge in [-0.05, 0) is 12.5 Å². The van der Waals surface area contributed by atoms with Gasteiger partial charge in [0.25, 0.3) is 5.89 Å². The minimum Gasteiger partial charge on any atom is -0.334 e. The van der Waals surface area contributed by atoms with Crippen LogP contribution in [0.15, 0.2) is 23.0 Å². The lowest BCUT2D eigenvalue weighted by Gasteiger charge is -2.32. The Morgan fingerprint density at radius 3 is 2.95 bits per heavy atom. The van der Waals surface area contributed by atoms with E-state index in [0.29, 0.717) is 11.4 Å². The molecule has 0 saturated carbocycles. The van der Waals surface area contributed by atoms with Crippen molar-refractivity contribution in [3.05, 3.63) is 30.1 Å². The van der Waals surface area contributed by atoms with Crippen molar-refractivity contribution in [3.63, 3.8) is 0 Å². The molecule has 6 nitrogen and oxygen atoms in total. The van der Waals surface area contributed by atoms with E-state index in [9.17, 15) is 4.39 Å². The van der Waals surface area contributed by atoms with Crippen molar-refractivity contribution < 1.29 is 8.91 Å². The fourth-order valence-corrected chi connectivity index (χ4v) is 2.63. The van der Waals surface area contributed by atoms with Crippen LogP contribution < -0.4 is 5.32 Å². The molecule has 1 atom stereocenters. The second kappa shape index (κ2) is 6.28. The molecule has 21 heavy (non-hydrogen) atoms. The zero-order valence-electron chi connectivity index (χ0n) is 11.9. The fourth-order valence-electron chi connectivity index (χ4n) is 2.63. The second-order valence-electron chi connectivity index (χ2n) is 5.02. The summed E-state index contributed by atoms with van der Waals surface area (Å²) in [6, 6.07) is 1.65. The van der Waals surface area contributed by atoms with Gasteiger partial charge in [-0.25, -0.2) is 4.39 Å². The van der Waals surface area contributed by atoms with Crippen LogP contribution in [0.4, 0.5) is 4.39 Å². The first-order chi connectivity index (χ1) is 10.3. The average Bonchev–Trinajstić information content (AvgIpc) is 2.99. The summed E-state index contributed by atoms with van der Waals surface area (Å²) >= 11 is 0. The van der Waals surface area contributed by atoms with Crippen molar-refractivity contribution in [3.8, 4) is 11.5 Å². The van der Waals surface area contributed by atoms with Crippen LogP contribution in [0.5, 0.6) is 0 Å². The first kappa shape index (κ1) is 14.1. The third-order valence-corrected chi connectivity index (χ3v) is 3.72. The Hall–Kier alpha value is -1.86. The maximum Gasteiger partial charge on any atom is 0.261 e. The lowest BCUT2D eigenvalue weighted by atomic mass is 10.1. The van der Waals surface area contributed by atoms with Gasteiger partial charge < -0.3 is 9.84 Å². The van der Waals surface area contributed by atoms with E-state index < -0.39 is 5.82 Å². The highest BCUT2D eigenvalue weighted by Crippen LogP contribution is 2.26. The predicted octanol–water partition coefficient (Wildman–Crippen LogP) is 1.63. The number of nitrogens with zero attached hydrogens (tertiary/aromatic N) is 4. The molecule has 1 fully saturated rings. The number of aromatic nitrogens is 3. The molecule has 3 rings (SSSR count). The highest BCUT2D eigenvalue weighted by molar-refractivity contribution is 5.52. The average molecular weight is 291 g/mol. The van der Waals surface area contributed by atoms with Crippen molar-refractivity contribution in [2.24, 2.45) is 0 Å². The van der Waals surface area contributed by atoms with Crippen LogP contribution in [0.25, 0.3) is 11.5 Å². The molecule has 1 unspecified atom stereocenters. The van der Waals surface area contributed by atoms with Gasteiger partial charge in [0.05, 0.1) is 17.8 Å². The van der Waals surface area contributed by atoms with E-state index in [1.54, 1.807) is 6.07 Å². The molecule has 1 saturated heterocycles. The molecule has 112 valence electrons. The molecular formula is C14H18FN5O. The predicted molar refractivity (Wildman–Crippen MR) is 75.0 cm³/mol. The molecule has 2 aromatic heterocycles. The van der Waals surface area contributed by atoms with Crippen molar-refractivity contribution in [2.75, 3.05) is 26.2 Å². The normalized spacial score (nSPS) is 17.8. The number of hydrogen-bond acceptors (Lipinski definition) is 6. The van der Waals surface area contributed by atoms with E-state index in [4.69, 9.17) is 4.52 Å². The first-order valence-electron chi connectivity index (χ1n) is 7.18. The van der Waals surface area contributed by atoms with E-state index in [1.165, 1.54) is 6.20 Å². The molecule has 0 spiro atoms. The van der Waals surface area contributed by atoms with Gasteiger partial charge in [0, 0.05) is 32.4 Å². The summed E-state index contributed by atoms with van der Waals surface area (Å²) in [5, 5.41) is 7.37. The molecule has 0 aromatic carbocycles. The van der Waals surface area contributed by atoms with Gasteiger partial charge in [0.1, 0.15) is 0 Å². The summed E-state index contributed by atoms with van der Waals surface area (Å²) in [6.45, 7) is 5.91. The van der Waals surface area contributed by atoms with Gasteiger partial charge in [-0.2, -0.15) is 4.98 Å². The van der Waals surface area contributed by atoms with E-state index in [1.807, 2.05) is 0 Å². The number of nitrogens with one attached hydrogen (secondary N) is 1. The standard InChI is InChI=1S/C14H18FN5O/c1-2-12(20-7-5-16-6-8-20)13-18-14(21-19-13)10-3-4-17-9-11(10)15/h3-4,9,12,16H,2,5-8H2,1H3. The number of pyridine rings is 1. The summed E-state index contributed by atoms with van der Waals surface area (Å²) in [5.74, 6) is 0.368. The number of hydrogen-bond donors (Lipinski definition) is 1. The molecular weight excluding hydrogens is 273 g/mol. The Bertz CT molecular complexity index is 597. The minimum atomic E-state index is -0.456. The lowest BCUT2D eigenvalue weighted by molar-refractivity contribution is 0.160. The van der Waals surface area contributed by atoms with E-state index in [0.717, 1.165) is 38.8 Å². The highest BCUT2D eigenvalue weighted by atomic mass is 19.1. The third kappa shape index (κ3) is 2.93. The van der Waals surface area contributed by atoms with Crippen molar-refractivity contribution in [1.29, 1.82) is 0 Å². The molecule has 0 radical (unpaired) electrons. The maximum absolute atomic E-state index is 13.7. The third-order valence-electron chi connectivity index (χ3n) is 3.72. The summed E-state index contributed by atoms with van der Waals surface area (Å²) in [7, 11) is 0. The van der Waals surface area contributed by atoms with Crippen LogP contribution in [0, 0.1) is 5.82 Å². The van der Waals surface area contributed by atoms with Crippen molar-refractivity contribution in [1.82, 2.24) is 25.3 Å². The SMILES string of the molecule is CCC(c1noc(-c2ccncc2F)n1)N1CCNCC1. The molecule has 2 aromatic rings. The number of rotatable bonds is 4. The smallest absolute Gasteiger partial charge is 0.261 e. The Morgan fingerprint density at radius 1 is 1.43 bits per heavy atom.